The average molecular weight is 180 g/mol. The molecule has 0 saturated carbocycles. The number of pyridine rings is 1. The Bertz CT molecular complexity index is 405. The van der Waals surface area contributed by atoms with Crippen LogP contribution in [-0.2, 0) is 0 Å². The number of hydrogen-bond donors (Lipinski definition) is 1. The molecule has 0 saturated heterocycles. The number of fused-ring (bicyclic) bond motifs is 1. The molecular weight excluding hydrogens is 176 g/mol. The summed E-state index contributed by atoms with van der Waals surface area (Å²) in [6, 6.07) is 3.55. The van der Waals surface area contributed by atoms with Crippen molar-refractivity contribution < 1.29 is 9.90 Å². The molecule has 0 spiro atoms. The fraction of sp³-hybridized carbons (Fsp3) is 0. The van der Waals surface area contributed by atoms with Crippen LogP contribution >= 0.6 is 11.3 Å². The van der Waals surface area contributed by atoms with E-state index in [0.717, 1.165) is 16.0 Å². The molecule has 2 aromatic heterocycles. The standard InChI is InChI=1S/C7H4N2O2S/c10-7(11)6-9-5-4(12-6)2-1-3-8-5/h1-3H,(H,10,11). The van der Waals surface area contributed by atoms with Crippen molar-refractivity contribution in [2.75, 3.05) is 0 Å². The van der Waals surface area contributed by atoms with Crippen molar-refractivity contribution >= 4 is 27.7 Å². The maximum Gasteiger partial charge on any atom is 0.365 e. The first kappa shape index (κ1) is 7.17. The van der Waals surface area contributed by atoms with Gasteiger partial charge in [-0.05, 0) is 12.1 Å². The van der Waals surface area contributed by atoms with Crippen molar-refractivity contribution in [2.45, 2.75) is 0 Å². The van der Waals surface area contributed by atoms with E-state index in [-0.39, 0.29) is 5.01 Å². The molecule has 0 aliphatic rings. The molecular formula is C7H4N2O2S. The van der Waals surface area contributed by atoms with E-state index in [1.165, 1.54) is 0 Å². The first-order chi connectivity index (χ1) is 5.77. The van der Waals surface area contributed by atoms with E-state index in [1.807, 2.05) is 0 Å². The van der Waals surface area contributed by atoms with Crippen LogP contribution in [-0.4, -0.2) is 21.0 Å². The molecule has 0 fully saturated rings. The van der Waals surface area contributed by atoms with E-state index in [4.69, 9.17) is 5.11 Å². The van der Waals surface area contributed by atoms with Gasteiger partial charge in [0.1, 0.15) is 0 Å². The summed E-state index contributed by atoms with van der Waals surface area (Å²) in [5.41, 5.74) is 0.500. The van der Waals surface area contributed by atoms with E-state index in [2.05, 4.69) is 9.97 Å². The van der Waals surface area contributed by atoms with Gasteiger partial charge in [0.05, 0.1) is 4.70 Å². The van der Waals surface area contributed by atoms with Crippen LogP contribution in [0.1, 0.15) is 9.80 Å². The molecule has 0 unspecified atom stereocenters. The molecule has 4 nitrogen and oxygen atoms in total. The molecule has 0 atom stereocenters. The number of hydrogen-bond acceptors (Lipinski definition) is 4. The van der Waals surface area contributed by atoms with Crippen molar-refractivity contribution in [2.24, 2.45) is 0 Å². The third kappa shape index (κ3) is 1.04. The van der Waals surface area contributed by atoms with Gasteiger partial charge in [0.2, 0.25) is 5.01 Å². The summed E-state index contributed by atoms with van der Waals surface area (Å²) >= 11 is 1.13. The number of carboxylic acids is 1. The first-order valence-electron chi connectivity index (χ1n) is 3.22. The Morgan fingerprint density at radius 2 is 2.42 bits per heavy atom. The zero-order valence-electron chi connectivity index (χ0n) is 5.89. The van der Waals surface area contributed by atoms with Crippen LogP contribution in [0.2, 0.25) is 0 Å². The molecule has 0 amide bonds. The SMILES string of the molecule is O=C(O)c1nc2ncccc2s1. The normalized spacial score (nSPS) is 10.3. The fourth-order valence-corrected chi connectivity index (χ4v) is 1.62. The van der Waals surface area contributed by atoms with Crippen LogP contribution in [0.25, 0.3) is 10.3 Å². The minimum Gasteiger partial charge on any atom is -0.476 e. The van der Waals surface area contributed by atoms with E-state index in [1.54, 1.807) is 18.3 Å². The summed E-state index contributed by atoms with van der Waals surface area (Å²) in [6.07, 6.45) is 1.59. The molecule has 2 aromatic rings. The van der Waals surface area contributed by atoms with Crippen LogP contribution < -0.4 is 0 Å². The maximum atomic E-state index is 10.5. The zero-order valence-corrected chi connectivity index (χ0v) is 6.71. The first-order valence-corrected chi connectivity index (χ1v) is 4.04. The number of nitrogens with zero attached hydrogens (tertiary/aromatic N) is 2. The highest BCUT2D eigenvalue weighted by Crippen LogP contribution is 2.19. The second kappa shape index (κ2) is 2.53. The second-order valence-corrected chi connectivity index (χ2v) is 3.18. The highest BCUT2D eigenvalue weighted by atomic mass is 32.1. The van der Waals surface area contributed by atoms with Gasteiger partial charge < -0.3 is 5.11 Å². The Morgan fingerprint density at radius 1 is 1.58 bits per heavy atom. The number of thiazole rings is 1. The molecule has 2 heterocycles. The summed E-state index contributed by atoms with van der Waals surface area (Å²) in [5.74, 6) is -1.00. The van der Waals surface area contributed by atoms with E-state index in [0.29, 0.717) is 5.65 Å². The summed E-state index contributed by atoms with van der Waals surface area (Å²) in [4.78, 5) is 18.2. The van der Waals surface area contributed by atoms with Gasteiger partial charge >= 0.3 is 5.97 Å². The minimum absolute atomic E-state index is 0.0868. The van der Waals surface area contributed by atoms with Crippen molar-refractivity contribution in [1.82, 2.24) is 9.97 Å². The Labute approximate surface area is 71.5 Å². The molecule has 0 bridgehead atoms. The van der Waals surface area contributed by atoms with Gasteiger partial charge in [0.15, 0.2) is 5.65 Å². The molecule has 60 valence electrons. The predicted molar refractivity (Wildman–Crippen MR) is 44.4 cm³/mol. The van der Waals surface area contributed by atoms with E-state index < -0.39 is 5.97 Å². The quantitative estimate of drug-likeness (QED) is 0.720. The Balaban J connectivity index is 2.70. The highest BCUT2D eigenvalue weighted by molar-refractivity contribution is 7.20. The molecule has 2 rings (SSSR count). The molecule has 0 aliphatic heterocycles. The lowest BCUT2D eigenvalue weighted by Crippen LogP contribution is -1.93. The zero-order chi connectivity index (χ0) is 8.55. The highest BCUT2D eigenvalue weighted by Gasteiger charge is 2.09. The van der Waals surface area contributed by atoms with Crippen molar-refractivity contribution in [1.29, 1.82) is 0 Å². The lowest BCUT2D eigenvalue weighted by Gasteiger charge is -1.79. The second-order valence-electron chi connectivity index (χ2n) is 2.15. The summed E-state index contributed by atoms with van der Waals surface area (Å²) in [6.45, 7) is 0. The van der Waals surface area contributed by atoms with E-state index >= 15 is 0 Å². The summed E-state index contributed by atoms with van der Waals surface area (Å²) in [7, 11) is 0. The Hall–Kier alpha value is -1.49. The molecule has 0 aliphatic carbocycles. The lowest BCUT2D eigenvalue weighted by molar-refractivity contribution is 0.0696. The number of aromatic nitrogens is 2. The summed E-state index contributed by atoms with van der Waals surface area (Å²) in [5, 5.41) is 8.69. The van der Waals surface area contributed by atoms with Crippen LogP contribution in [0.5, 0.6) is 0 Å². The van der Waals surface area contributed by atoms with Crippen LogP contribution in [0.15, 0.2) is 18.3 Å². The van der Waals surface area contributed by atoms with E-state index in [9.17, 15) is 4.79 Å². The third-order valence-electron chi connectivity index (χ3n) is 1.35. The minimum atomic E-state index is -1.00. The van der Waals surface area contributed by atoms with Crippen LogP contribution in [0.3, 0.4) is 0 Å². The van der Waals surface area contributed by atoms with Gasteiger partial charge in [-0.2, -0.15) is 0 Å². The van der Waals surface area contributed by atoms with Gasteiger partial charge in [0, 0.05) is 6.20 Å². The summed E-state index contributed by atoms with van der Waals surface area (Å²) < 4.78 is 0.801. The van der Waals surface area contributed by atoms with Gasteiger partial charge in [-0.3, -0.25) is 0 Å². The monoisotopic (exact) mass is 180 g/mol. The molecule has 12 heavy (non-hydrogen) atoms. The molecule has 0 aromatic carbocycles. The average Bonchev–Trinajstić information content (AvgIpc) is 2.46. The maximum absolute atomic E-state index is 10.5. The Kier molecular flexibility index (Phi) is 1.51. The van der Waals surface area contributed by atoms with Gasteiger partial charge in [-0.15, -0.1) is 11.3 Å². The molecule has 1 N–H and O–H groups in total. The van der Waals surface area contributed by atoms with Crippen molar-refractivity contribution in [3.05, 3.63) is 23.3 Å². The number of carbonyl (C=O) groups is 1. The van der Waals surface area contributed by atoms with Crippen LogP contribution in [0.4, 0.5) is 0 Å². The van der Waals surface area contributed by atoms with Crippen molar-refractivity contribution in [3.8, 4) is 0 Å². The van der Waals surface area contributed by atoms with Crippen LogP contribution in [0, 0.1) is 0 Å². The lowest BCUT2D eigenvalue weighted by atomic mass is 10.5. The number of aromatic carboxylic acids is 1. The number of carboxylic acid groups (broad SMARTS) is 1. The topological polar surface area (TPSA) is 63.1 Å². The third-order valence-corrected chi connectivity index (χ3v) is 2.35. The van der Waals surface area contributed by atoms with Crippen molar-refractivity contribution in [3.63, 3.8) is 0 Å². The van der Waals surface area contributed by atoms with Gasteiger partial charge in [-0.25, -0.2) is 14.8 Å². The number of rotatable bonds is 1. The van der Waals surface area contributed by atoms with Gasteiger partial charge in [-0.1, -0.05) is 0 Å². The van der Waals surface area contributed by atoms with Gasteiger partial charge in [0.25, 0.3) is 0 Å². The smallest absolute Gasteiger partial charge is 0.365 e. The fourth-order valence-electron chi connectivity index (χ4n) is 0.860. The molecule has 5 heteroatoms. The predicted octanol–water partition coefficient (Wildman–Crippen LogP) is 1.39. The Morgan fingerprint density at radius 3 is 3.08 bits per heavy atom. The molecule has 0 radical (unpaired) electrons. The largest absolute Gasteiger partial charge is 0.476 e.